The molecule has 0 amide bonds. The van der Waals surface area contributed by atoms with Crippen molar-refractivity contribution in [1.82, 2.24) is 9.97 Å². The molecule has 2 rings (SSSR count). The normalized spacial score (nSPS) is 10.0. The zero-order chi connectivity index (χ0) is 8.39. The Balaban J connectivity index is 2.55. The highest BCUT2D eigenvalue weighted by molar-refractivity contribution is 7.08. The Labute approximate surface area is 72.7 Å². The number of nitrogens with zero attached hydrogens (tertiary/aromatic N) is 1. The van der Waals surface area contributed by atoms with Gasteiger partial charge >= 0.3 is 0 Å². The van der Waals surface area contributed by atoms with E-state index in [1.54, 1.807) is 17.5 Å². The van der Waals surface area contributed by atoms with E-state index in [0.717, 1.165) is 11.3 Å². The monoisotopic (exact) mass is 178 g/mol. The number of thiophene rings is 1. The number of aromatic nitrogens is 2. The van der Waals surface area contributed by atoms with Gasteiger partial charge in [-0.3, -0.25) is 9.78 Å². The summed E-state index contributed by atoms with van der Waals surface area (Å²) in [6, 6.07) is 1.94. The zero-order valence-electron chi connectivity index (χ0n) is 6.15. The molecule has 0 atom stereocenters. The number of rotatable bonds is 1. The van der Waals surface area contributed by atoms with Crippen molar-refractivity contribution in [2.24, 2.45) is 0 Å². The van der Waals surface area contributed by atoms with Gasteiger partial charge in [-0.15, -0.1) is 0 Å². The summed E-state index contributed by atoms with van der Waals surface area (Å²) in [6.07, 6.45) is 2.90. The molecule has 0 fully saturated rings. The van der Waals surface area contributed by atoms with Gasteiger partial charge in [-0.2, -0.15) is 11.3 Å². The van der Waals surface area contributed by atoms with Crippen LogP contribution in [-0.4, -0.2) is 9.97 Å². The molecule has 0 bridgehead atoms. The molecule has 4 heteroatoms. The first kappa shape index (κ1) is 7.24. The maximum Gasteiger partial charge on any atom is 0.266 e. The van der Waals surface area contributed by atoms with Crippen molar-refractivity contribution in [2.45, 2.75) is 0 Å². The first-order valence-corrected chi connectivity index (χ1v) is 4.37. The summed E-state index contributed by atoms with van der Waals surface area (Å²) < 4.78 is 0. The minimum Gasteiger partial charge on any atom is -0.319 e. The molecule has 12 heavy (non-hydrogen) atoms. The summed E-state index contributed by atoms with van der Waals surface area (Å²) in [5, 5.41) is 3.92. The maximum absolute atomic E-state index is 10.9. The van der Waals surface area contributed by atoms with Crippen LogP contribution in [-0.2, 0) is 0 Å². The van der Waals surface area contributed by atoms with Crippen LogP contribution in [0.3, 0.4) is 0 Å². The van der Waals surface area contributed by atoms with E-state index >= 15 is 0 Å². The number of H-pyrrole nitrogens is 1. The standard InChI is InChI=1S/C8H6N2OS/c11-8-4-9-3-7(10-8)6-1-2-12-5-6/h1-5H,(H,10,11). The minimum absolute atomic E-state index is 0.168. The van der Waals surface area contributed by atoms with Gasteiger partial charge in [0.05, 0.1) is 18.1 Å². The smallest absolute Gasteiger partial charge is 0.266 e. The highest BCUT2D eigenvalue weighted by Crippen LogP contribution is 2.17. The minimum atomic E-state index is -0.168. The molecule has 0 aliphatic carbocycles. The van der Waals surface area contributed by atoms with Crippen molar-refractivity contribution in [1.29, 1.82) is 0 Å². The van der Waals surface area contributed by atoms with Gasteiger partial charge in [-0.05, 0) is 11.4 Å². The molecule has 1 N–H and O–H groups in total. The third-order valence-electron chi connectivity index (χ3n) is 1.49. The van der Waals surface area contributed by atoms with Gasteiger partial charge in [0.25, 0.3) is 5.56 Å². The van der Waals surface area contributed by atoms with E-state index in [2.05, 4.69) is 9.97 Å². The fourth-order valence-electron chi connectivity index (χ4n) is 0.941. The molecule has 2 aromatic heterocycles. The highest BCUT2D eigenvalue weighted by Gasteiger charge is 1.97. The number of hydrogen-bond donors (Lipinski definition) is 1. The molecule has 60 valence electrons. The third-order valence-corrected chi connectivity index (χ3v) is 2.17. The van der Waals surface area contributed by atoms with Gasteiger partial charge in [0.1, 0.15) is 0 Å². The van der Waals surface area contributed by atoms with Crippen LogP contribution in [0.5, 0.6) is 0 Å². The highest BCUT2D eigenvalue weighted by atomic mass is 32.1. The van der Waals surface area contributed by atoms with E-state index in [4.69, 9.17) is 0 Å². The fourth-order valence-corrected chi connectivity index (χ4v) is 1.60. The molecule has 0 spiro atoms. The van der Waals surface area contributed by atoms with Gasteiger partial charge in [-0.25, -0.2) is 0 Å². The summed E-state index contributed by atoms with van der Waals surface area (Å²) in [5.41, 5.74) is 1.60. The predicted molar refractivity (Wildman–Crippen MR) is 48.2 cm³/mol. The Morgan fingerprint density at radius 1 is 1.42 bits per heavy atom. The maximum atomic E-state index is 10.9. The molecule has 2 aromatic rings. The second-order valence-electron chi connectivity index (χ2n) is 2.32. The molecule has 0 aromatic carbocycles. The summed E-state index contributed by atoms with van der Waals surface area (Å²) in [4.78, 5) is 17.4. The third kappa shape index (κ3) is 1.29. The van der Waals surface area contributed by atoms with Gasteiger partial charge in [0.15, 0.2) is 0 Å². The van der Waals surface area contributed by atoms with Crippen LogP contribution >= 0.6 is 11.3 Å². The lowest BCUT2D eigenvalue weighted by Gasteiger charge is -1.93. The number of hydrogen-bond acceptors (Lipinski definition) is 3. The van der Waals surface area contributed by atoms with Crippen molar-refractivity contribution >= 4 is 11.3 Å². The van der Waals surface area contributed by atoms with Crippen LogP contribution in [0.2, 0.25) is 0 Å². The second kappa shape index (κ2) is 2.91. The van der Waals surface area contributed by atoms with Crippen molar-refractivity contribution in [3.8, 4) is 11.3 Å². The topological polar surface area (TPSA) is 45.8 Å². The summed E-state index contributed by atoms with van der Waals surface area (Å²) in [5.74, 6) is 0. The van der Waals surface area contributed by atoms with Crippen molar-refractivity contribution < 1.29 is 0 Å². The molecule has 0 aliphatic rings. The van der Waals surface area contributed by atoms with Crippen LogP contribution in [0.4, 0.5) is 0 Å². The van der Waals surface area contributed by atoms with Crippen molar-refractivity contribution in [3.05, 3.63) is 39.6 Å². The van der Waals surface area contributed by atoms with Crippen LogP contribution in [0.1, 0.15) is 0 Å². The van der Waals surface area contributed by atoms with Gasteiger partial charge in [0.2, 0.25) is 0 Å². The summed E-state index contributed by atoms with van der Waals surface area (Å²) >= 11 is 1.59. The predicted octanol–water partition coefficient (Wildman–Crippen LogP) is 1.50. The zero-order valence-corrected chi connectivity index (χ0v) is 6.97. The summed E-state index contributed by atoms with van der Waals surface area (Å²) in [6.45, 7) is 0. The quantitative estimate of drug-likeness (QED) is 0.719. The SMILES string of the molecule is O=c1cncc(-c2ccsc2)[nH]1. The lowest BCUT2D eigenvalue weighted by Crippen LogP contribution is -2.05. The lowest BCUT2D eigenvalue weighted by atomic mass is 10.3. The molecule has 0 aliphatic heterocycles. The van der Waals surface area contributed by atoms with Crippen LogP contribution < -0.4 is 5.56 Å². The van der Waals surface area contributed by atoms with E-state index < -0.39 is 0 Å². The van der Waals surface area contributed by atoms with E-state index in [1.165, 1.54) is 6.20 Å². The molecular weight excluding hydrogens is 172 g/mol. The molecule has 2 heterocycles. The average Bonchev–Trinajstić information content (AvgIpc) is 2.56. The van der Waals surface area contributed by atoms with Crippen LogP contribution in [0.25, 0.3) is 11.3 Å². The second-order valence-corrected chi connectivity index (χ2v) is 3.10. The van der Waals surface area contributed by atoms with E-state index in [9.17, 15) is 4.79 Å². The van der Waals surface area contributed by atoms with Gasteiger partial charge in [0, 0.05) is 10.9 Å². The molecule has 0 radical (unpaired) electrons. The van der Waals surface area contributed by atoms with E-state index in [0.29, 0.717) is 0 Å². The van der Waals surface area contributed by atoms with Crippen LogP contribution in [0, 0.1) is 0 Å². The first-order valence-electron chi connectivity index (χ1n) is 3.43. The fraction of sp³-hybridized carbons (Fsp3) is 0. The van der Waals surface area contributed by atoms with Crippen LogP contribution in [0.15, 0.2) is 34.0 Å². The molecule has 0 unspecified atom stereocenters. The Hall–Kier alpha value is -1.42. The molecule has 3 nitrogen and oxygen atoms in total. The molecular formula is C8H6N2OS. The Morgan fingerprint density at radius 2 is 2.33 bits per heavy atom. The average molecular weight is 178 g/mol. The molecule has 0 saturated heterocycles. The Morgan fingerprint density at radius 3 is 3.00 bits per heavy atom. The lowest BCUT2D eigenvalue weighted by molar-refractivity contribution is 1.15. The van der Waals surface area contributed by atoms with E-state index in [1.807, 2.05) is 16.8 Å². The Bertz CT molecular complexity index is 419. The largest absolute Gasteiger partial charge is 0.319 e. The summed E-state index contributed by atoms with van der Waals surface area (Å²) in [7, 11) is 0. The van der Waals surface area contributed by atoms with Crippen molar-refractivity contribution in [3.63, 3.8) is 0 Å². The Kier molecular flexibility index (Phi) is 1.75. The number of nitrogens with one attached hydrogen (secondary N) is 1. The van der Waals surface area contributed by atoms with Gasteiger partial charge < -0.3 is 4.98 Å². The molecule has 0 saturated carbocycles. The van der Waals surface area contributed by atoms with Gasteiger partial charge in [-0.1, -0.05) is 0 Å². The number of aromatic amines is 1. The van der Waals surface area contributed by atoms with E-state index in [-0.39, 0.29) is 5.56 Å². The first-order chi connectivity index (χ1) is 5.86. The van der Waals surface area contributed by atoms with Crippen molar-refractivity contribution in [2.75, 3.05) is 0 Å².